The standard InChI is InChI=1S/C25H26N4O6/c1-12-14(5-3-7-16(12)10-18-20(30)26-24(34)27-21(18)31)9-15-6-4-8-17(13(15)2)11-19-22(32)28-25(35)29-23(19)33/h9-11H,3-8H2,1-2H3,(H2,26,27,30,31,34)(H3,28,29,32,33,35). The molecule has 4 amide bonds. The molecule has 1 aromatic heterocycles. The molecule has 4 rings (SSSR count). The molecule has 2 heterocycles. The van der Waals surface area contributed by atoms with Crippen LogP contribution in [0, 0.1) is 0 Å². The van der Waals surface area contributed by atoms with Gasteiger partial charge in [-0.1, -0.05) is 6.08 Å². The number of amides is 4. The Balaban J connectivity index is 1.70. The van der Waals surface area contributed by atoms with Crippen LogP contribution in [0.15, 0.2) is 60.8 Å². The number of imide groups is 2. The molecule has 0 radical (unpaired) electrons. The Labute approximate surface area is 200 Å². The molecule has 0 bridgehead atoms. The number of hydrogen-bond acceptors (Lipinski definition) is 6. The second kappa shape index (κ2) is 9.57. The van der Waals surface area contributed by atoms with Gasteiger partial charge in [0.1, 0.15) is 11.1 Å². The third kappa shape index (κ3) is 5.01. The molecule has 10 heteroatoms. The zero-order valence-electron chi connectivity index (χ0n) is 19.5. The van der Waals surface area contributed by atoms with Crippen molar-refractivity contribution >= 4 is 23.9 Å². The molecule has 0 spiro atoms. The highest BCUT2D eigenvalue weighted by Gasteiger charge is 2.28. The van der Waals surface area contributed by atoms with Crippen LogP contribution >= 0.6 is 0 Å². The Bertz CT molecular complexity index is 1390. The molecule has 35 heavy (non-hydrogen) atoms. The number of aromatic nitrogens is 2. The van der Waals surface area contributed by atoms with E-state index >= 15 is 0 Å². The number of barbiturate groups is 1. The molecule has 0 aromatic carbocycles. The van der Waals surface area contributed by atoms with Gasteiger partial charge in [0.05, 0.1) is 0 Å². The summed E-state index contributed by atoms with van der Waals surface area (Å²) in [5.74, 6) is -1.89. The Morgan fingerprint density at radius 1 is 0.714 bits per heavy atom. The van der Waals surface area contributed by atoms with Gasteiger partial charge in [-0.05, 0) is 98.0 Å². The number of carbonyl (C=O) groups is 3. The maximum atomic E-state index is 12.2. The van der Waals surface area contributed by atoms with Crippen molar-refractivity contribution < 1.29 is 19.5 Å². The largest absolute Gasteiger partial charge is 0.494 e. The zero-order valence-corrected chi connectivity index (χ0v) is 19.5. The van der Waals surface area contributed by atoms with Gasteiger partial charge in [0.15, 0.2) is 0 Å². The Morgan fingerprint density at radius 3 is 1.83 bits per heavy atom. The van der Waals surface area contributed by atoms with Crippen LogP contribution in [-0.4, -0.2) is 32.9 Å². The predicted octanol–water partition coefficient (Wildman–Crippen LogP) is 2.37. The van der Waals surface area contributed by atoms with Crippen LogP contribution in [0.1, 0.15) is 57.9 Å². The quantitative estimate of drug-likeness (QED) is 0.331. The molecule has 0 unspecified atom stereocenters. The second-order valence-corrected chi connectivity index (χ2v) is 8.81. The molecule has 2 aliphatic carbocycles. The third-order valence-electron chi connectivity index (χ3n) is 6.60. The van der Waals surface area contributed by atoms with E-state index in [2.05, 4.69) is 26.7 Å². The predicted molar refractivity (Wildman–Crippen MR) is 128 cm³/mol. The Morgan fingerprint density at radius 2 is 1.26 bits per heavy atom. The van der Waals surface area contributed by atoms with Gasteiger partial charge in [0, 0.05) is 0 Å². The monoisotopic (exact) mass is 478 g/mol. The minimum absolute atomic E-state index is 0.0121. The number of H-pyrrole nitrogens is 2. The fourth-order valence-electron chi connectivity index (χ4n) is 4.61. The van der Waals surface area contributed by atoms with Gasteiger partial charge in [-0.2, -0.15) is 0 Å². The molecule has 1 saturated heterocycles. The van der Waals surface area contributed by atoms with Gasteiger partial charge >= 0.3 is 11.7 Å². The van der Waals surface area contributed by atoms with Crippen LogP contribution in [0.5, 0.6) is 5.88 Å². The number of nitrogens with one attached hydrogen (secondary N) is 4. The molecule has 1 aliphatic heterocycles. The van der Waals surface area contributed by atoms with Crippen LogP contribution < -0.4 is 21.9 Å². The first-order valence-electron chi connectivity index (χ1n) is 11.4. The zero-order chi connectivity index (χ0) is 25.3. The first-order chi connectivity index (χ1) is 16.6. The van der Waals surface area contributed by atoms with Crippen molar-refractivity contribution in [1.29, 1.82) is 0 Å². The first-order valence-corrected chi connectivity index (χ1v) is 11.4. The Kier molecular flexibility index (Phi) is 6.54. The van der Waals surface area contributed by atoms with E-state index in [0.717, 1.165) is 65.5 Å². The summed E-state index contributed by atoms with van der Waals surface area (Å²) in [6.45, 7) is 3.92. The molecular weight excluding hydrogens is 452 g/mol. The number of hydrogen-bond donors (Lipinski definition) is 5. The van der Waals surface area contributed by atoms with E-state index in [1.54, 1.807) is 12.2 Å². The SMILES string of the molecule is CC1=C(C=C2CCCC(C=C3C(=O)NC(=O)NC3=O)=C2C)CCCC1=Cc1c(O)[nH]c(=O)[nH]c1=O. The number of urea groups is 1. The molecule has 5 N–H and O–H groups in total. The van der Waals surface area contributed by atoms with E-state index in [0.29, 0.717) is 6.42 Å². The van der Waals surface area contributed by atoms with Crippen molar-refractivity contribution in [2.24, 2.45) is 0 Å². The molecule has 0 atom stereocenters. The fourth-order valence-corrected chi connectivity index (χ4v) is 4.61. The van der Waals surface area contributed by atoms with Gasteiger partial charge in [0.25, 0.3) is 17.4 Å². The third-order valence-corrected chi connectivity index (χ3v) is 6.60. The maximum absolute atomic E-state index is 12.2. The number of carbonyl (C=O) groups excluding carboxylic acids is 3. The van der Waals surface area contributed by atoms with Crippen molar-refractivity contribution in [2.75, 3.05) is 0 Å². The molecule has 3 aliphatic rings. The van der Waals surface area contributed by atoms with Gasteiger partial charge < -0.3 is 5.11 Å². The molecule has 1 fully saturated rings. The van der Waals surface area contributed by atoms with Crippen molar-refractivity contribution in [3.05, 3.63) is 77.6 Å². The number of allylic oxidation sites excluding steroid dienone is 8. The van der Waals surface area contributed by atoms with E-state index in [4.69, 9.17) is 0 Å². The summed E-state index contributed by atoms with van der Waals surface area (Å²) in [5, 5.41) is 14.2. The van der Waals surface area contributed by atoms with Crippen LogP contribution in [-0.2, 0) is 9.59 Å². The van der Waals surface area contributed by atoms with Gasteiger partial charge in [-0.3, -0.25) is 35.0 Å². The summed E-state index contributed by atoms with van der Waals surface area (Å²) in [4.78, 5) is 63.4. The maximum Gasteiger partial charge on any atom is 0.328 e. The van der Waals surface area contributed by atoms with Crippen LogP contribution in [0.4, 0.5) is 4.79 Å². The van der Waals surface area contributed by atoms with Crippen molar-refractivity contribution in [2.45, 2.75) is 52.4 Å². The van der Waals surface area contributed by atoms with Gasteiger partial charge in [-0.25, -0.2) is 9.59 Å². The molecule has 0 saturated carbocycles. The smallest absolute Gasteiger partial charge is 0.328 e. The number of aromatic amines is 2. The van der Waals surface area contributed by atoms with E-state index in [1.807, 2.05) is 13.8 Å². The topological polar surface area (TPSA) is 161 Å². The lowest BCUT2D eigenvalue weighted by molar-refractivity contribution is -0.124. The van der Waals surface area contributed by atoms with Crippen molar-refractivity contribution in [3.63, 3.8) is 0 Å². The summed E-state index contributed by atoms with van der Waals surface area (Å²) in [5.41, 5.74) is 4.43. The molecule has 1 aromatic rings. The average molecular weight is 479 g/mol. The van der Waals surface area contributed by atoms with Gasteiger partial charge in [0.2, 0.25) is 5.88 Å². The average Bonchev–Trinajstić information content (AvgIpc) is 2.77. The van der Waals surface area contributed by atoms with E-state index in [-0.39, 0.29) is 11.1 Å². The molecule has 10 nitrogen and oxygen atoms in total. The lowest BCUT2D eigenvalue weighted by Gasteiger charge is -2.23. The van der Waals surface area contributed by atoms with E-state index in [1.165, 1.54) is 0 Å². The lowest BCUT2D eigenvalue weighted by atomic mass is 9.82. The van der Waals surface area contributed by atoms with Crippen molar-refractivity contribution in [1.82, 2.24) is 20.6 Å². The minimum atomic E-state index is -0.826. The summed E-state index contributed by atoms with van der Waals surface area (Å²) >= 11 is 0. The number of rotatable bonds is 3. The second-order valence-electron chi connectivity index (χ2n) is 8.81. The van der Waals surface area contributed by atoms with Gasteiger partial charge in [-0.15, -0.1) is 0 Å². The summed E-state index contributed by atoms with van der Waals surface area (Å²) in [6.07, 6.45) is 10.1. The molecule has 182 valence electrons. The summed E-state index contributed by atoms with van der Waals surface area (Å²) in [7, 11) is 0. The lowest BCUT2D eigenvalue weighted by Crippen LogP contribution is -2.51. The van der Waals surface area contributed by atoms with E-state index in [9.17, 15) is 29.1 Å². The highest BCUT2D eigenvalue weighted by molar-refractivity contribution is 6.29. The highest BCUT2D eigenvalue weighted by Crippen LogP contribution is 2.36. The highest BCUT2D eigenvalue weighted by atomic mass is 16.3. The number of aromatic hydroxyl groups is 1. The first kappa shape index (κ1) is 23.9. The van der Waals surface area contributed by atoms with Crippen LogP contribution in [0.3, 0.4) is 0 Å². The summed E-state index contributed by atoms with van der Waals surface area (Å²) < 4.78 is 0. The fraction of sp³-hybridized carbons (Fsp3) is 0.320. The molecular formula is C25H26N4O6. The van der Waals surface area contributed by atoms with Crippen LogP contribution in [0.25, 0.3) is 6.08 Å². The Hall–Kier alpha value is -4.21. The van der Waals surface area contributed by atoms with E-state index < -0.39 is 35.0 Å². The summed E-state index contributed by atoms with van der Waals surface area (Å²) in [6, 6.07) is -0.826. The van der Waals surface area contributed by atoms with Crippen molar-refractivity contribution in [3.8, 4) is 5.88 Å². The van der Waals surface area contributed by atoms with Crippen LogP contribution in [0.2, 0.25) is 0 Å². The minimum Gasteiger partial charge on any atom is -0.494 e. The normalized spacial score (nSPS) is 21.5.